The van der Waals surface area contributed by atoms with Crippen LogP contribution in [0.15, 0.2) is 48.5 Å². The fraction of sp³-hybridized carbons (Fsp3) is 0.481. The number of ether oxygens (including phenoxy) is 1. The van der Waals surface area contributed by atoms with Crippen LogP contribution in [0.2, 0.25) is 10.0 Å². The van der Waals surface area contributed by atoms with Crippen LogP contribution in [0, 0.1) is 5.92 Å². The maximum absolute atomic E-state index is 13.9. The average molecular weight is 571 g/mol. The SMILES string of the molecule is CC(C)[C@H](CS(=O)(=O)C(C)(C)C)N1C(=O)[C@@H](CC(=O)O)O[C@H](c2cccc(Cl)c2)[C@H]1c1ccc(Cl)cc1. The summed E-state index contributed by atoms with van der Waals surface area (Å²) in [5.74, 6) is -2.31. The van der Waals surface area contributed by atoms with Crippen LogP contribution in [0.25, 0.3) is 0 Å². The van der Waals surface area contributed by atoms with Crippen LogP contribution in [-0.2, 0) is 24.2 Å². The molecule has 2 aromatic carbocycles. The molecule has 7 nitrogen and oxygen atoms in total. The summed E-state index contributed by atoms with van der Waals surface area (Å²) in [5, 5.41) is 10.5. The molecule has 202 valence electrons. The molecule has 0 radical (unpaired) electrons. The summed E-state index contributed by atoms with van der Waals surface area (Å²) in [4.78, 5) is 27.1. The first kappa shape index (κ1) is 29.4. The van der Waals surface area contributed by atoms with Gasteiger partial charge in [0.25, 0.3) is 5.91 Å². The number of amides is 1. The van der Waals surface area contributed by atoms with Gasteiger partial charge >= 0.3 is 5.97 Å². The van der Waals surface area contributed by atoms with Gasteiger partial charge in [0, 0.05) is 16.1 Å². The third-order valence-electron chi connectivity index (χ3n) is 6.63. The minimum atomic E-state index is -3.65. The highest BCUT2D eigenvalue weighted by atomic mass is 35.5. The minimum Gasteiger partial charge on any atom is -0.481 e. The number of halogens is 2. The Hall–Kier alpha value is -2.13. The molecule has 0 aromatic heterocycles. The number of aliphatic carboxylic acids is 1. The van der Waals surface area contributed by atoms with Crippen LogP contribution in [0.3, 0.4) is 0 Å². The monoisotopic (exact) mass is 569 g/mol. The van der Waals surface area contributed by atoms with E-state index in [0.717, 1.165) is 0 Å². The molecule has 0 unspecified atom stereocenters. The van der Waals surface area contributed by atoms with Gasteiger partial charge in [-0.1, -0.05) is 61.3 Å². The number of nitrogens with zero attached hydrogens (tertiary/aromatic N) is 1. The van der Waals surface area contributed by atoms with Gasteiger partial charge in [-0.3, -0.25) is 9.59 Å². The quantitative estimate of drug-likeness (QED) is 0.436. The lowest BCUT2D eigenvalue weighted by atomic mass is 9.88. The summed E-state index contributed by atoms with van der Waals surface area (Å²) in [7, 11) is -3.65. The molecule has 0 saturated carbocycles. The zero-order valence-electron chi connectivity index (χ0n) is 21.5. The Balaban J connectivity index is 2.26. The van der Waals surface area contributed by atoms with Crippen LogP contribution in [-0.4, -0.2) is 52.9 Å². The van der Waals surface area contributed by atoms with E-state index < -0.39 is 57.2 Å². The molecule has 3 rings (SSSR count). The summed E-state index contributed by atoms with van der Waals surface area (Å²) >= 11 is 12.4. The molecule has 0 aliphatic carbocycles. The lowest BCUT2D eigenvalue weighted by Gasteiger charge is -2.49. The second-order valence-electron chi connectivity index (χ2n) is 10.6. The van der Waals surface area contributed by atoms with E-state index in [-0.39, 0.29) is 11.7 Å². The third kappa shape index (κ3) is 6.66. The second kappa shape index (κ2) is 11.3. The van der Waals surface area contributed by atoms with Gasteiger partial charge in [-0.05, 0) is 62.1 Å². The predicted octanol–water partition coefficient (Wildman–Crippen LogP) is 5.72. The van der Waals surface area contributed by atoms with Crippen LogP contribution >= 0.6 is 23.2 Å². The van der Waals surface area contributed by atoms with E-state index in [2.05, 4.69) is 0 Å². The first-order valence-electron chi connectivity index (χ1n) is 12.0. The Bertz CT molecular complexity index is 1240. The van der Waals surface area contributed by atoms with E-state index in [9.17, 15) is 23.1 Å². The van der Waals surface area contributed by atoms with Gasteiger partial charge in [-0.2, -0.15) is 0 Å². The summed E-state index contributed by atoms with van der Waals surface area (Å²) in [5.41, 5.74) is 1.32. The van der Waals surface area contributed by atoms with Crippen molar-refractivity contribution in [2.24, 2.45) is 5.92 Å². The maximum atomic E-state index is 13.9. The molecule has 0 bridgehead atoms. The number of sulfone groups is 1. The number of morpholine rings is 1. The lowest BCUT2D eigenvalue weighted by molar-refractivity contribution is -0.184. The summed E-state index contributed by atoms with van der Waals surface area (Å²) in [6.07, 6.45) is -2.67. The van der Waals surface area contributed by atoms with Gasteiger partial charge in [-0.25, -0.2) is 8.42 Å². The molecule has 1 aliphatic heterocycles. The number of benzene rings is 2. The Morgan fingerprint density at radius 1 is 1.05 bits per heavy atom. The molecule has 10 heteroatoms. The molecule has 1 fully saturated rings. The van der Waals surface area contributed by atoms with Crippen LogP contribution in [0.5, 0.6) is 0 Å². The lowest BCUT2D eigenvalue weighted by Crippen LogP contribution is -2.58. The number of carbonyl (C=O) groups excluding carboxylic acids is 1. The molecule has 1 saturated heterocycles. The van der Waals surface area contributed by atoms with Gasteiger partial charge in [0.15, 0.2) is 9.84 Å². The fourth-order valence-electron chi connectivity index (χ4n) is 4.43. The zero-order chi connectivity index (χ0) is 27.7. The molecular weight excluding hydrogens is 537 g/mol. The first-order chi connectivity index (χ1) is 17.1. The average Bonchev–Trinajstić information content (AvgIpc) is 2.78. The van der Waals surface area contributed by atoms with Crippen molar-refractivity contribution in [3.63, 3.8) is 0 Å². The van der Waals surface area contributed by atoms with Crippen molar-refractivity contribution >= 4 is 44.9 Å². The molecule has 1 heterocycles. The smallest absolute Gasteiger partial charge is 0.306 e. The van der Waals surface area contributed by atoms with Gasteiger partial charge in [0.2, 0.25) is 0 Å². The van der Waals surface area contributed by atoms with Gasteiger partial charge in [0.05, 0.1) is 23.0 Å². The Morgan fingerprint density at radius 3 is 2.19 bits per heavy atom. The maximum Gasteiger partial charge on any atom is 0.306 e. The molecule has 1 N–H and O–H groups in total. The first-order valence-corrected chi connectivity index (χ1v) is 14.5. The molecule has 2 aromatic rings. The molecule has 37 heavy (non-hydrogen) atoms. The van der Waals surface area contributed by atoms with Gasteiger partial charge < -0.3 is 14.7 Å². The van der Waals surface area contributed by atoms with Crippen molar-refractivity contribution in [3.8, 4) is 0 Å². The molecule has 1 aliphatic rings. The summed E-state index contributed by atoms with van der Waals surface area (Å²) in [6.45, 7) is 8.58. The number of carboxylic acid groups (broad SMARTS) is 1. The van der Waals surface area contributed by atoms with Crippen molar-refractivity contribution in [2.75, 3.05) is 5.75 Å². The largest absolute Gasteiger partial charge is 0.481 e. The molecule has 1 amide bonds. The van der Waals surface area contributed by atoms with Gasteiger partial charge in [-0.15, -0.1) is 0 Å². The Labute approximate surface area is 228 Å². The van der Waals surface area contributed by atoms with E-state index in [1.807, 2.05) is 13.8 Å². The minimum absolute atomic E-state index is 0.264. The highest BCUT2D eigenvalue weighted by Crippen LogP contribution is 2.45. The van der Waals surface area contributed by atoms with E-state index in [1.165, 1.54) is 4.90 Å². The van der Waals surface area contributed by atoms with Crippen LogP contribution in [0.1, 0.15) is 64.3 Å². The summed E-state index contributed by atoms with van der Waals surface area (Å²) < 4.78 is 31.9. The topological polar surface area (TPSA) is 101 Å². The van der Waals surface area contributed by atoms with E-state index in [0.29, 0.717) is 21.2 Å². The normalized spacial score (nSPS) is 21.8. The molecular formula is C27H33Cl2NO6S. The van der Waals surface area contributed by atoms with Crippen molar-refractivity contribution in [1.29, 1.82) is 0 Å². The van der Waals surface area contributed by atoms with Crippen molar-refractivity contribution in [1.82, 2.24) is 4.90 Å². The standard InChI is InChI=1S/C27H33Cl2NO6S/c1-16(2)21(15-37(34,35)27(3,4)5)30-24(17-9-11-19(28)12-10-17)25(18-7-6-8-20(29)13-18)36-22(26(30)33)14-23(31)32/h6-13,16,21-22,24-25H,14-15H2,1-5H3,(H,31,32)/t21-,22+,24+,25+/m0/s1. The van der Waals surface area contributed by atoms with Crippen molar-refractivity contribution in [3.05, 3.63) is 69.7 Å². The fourth-order valence-corrected chi connectivity index (χ4v) is 6.25. The highest BCUT2D eigenvalue weighted by Gasteiger charge is 2.49. The number of carboxylic acids is 1. The summed E-state index contributed by atoms with van der Waals surface area (Å²) in [6, 6.07) is 12.4. The third-order valence-corrected chi connectivity index (χ3v) is 9.76. The van der Waals surface area contributed by atoms with Crippen LogP contribution in [0.4, 0.5) is 0 Å². The molecule has 0 spiro atoms. The predicted molar refractivity (Wildman–Crippen MR) is 145 cm³/mol. The number of hydrogen-bond donors (Lipinski definition) is 1. The number of hydrogen-bond acceptors (Lipinski definition) is 5. The molecule has 4 atom stereocenters. The Morgan fingerprint density at radius 2 is 1.68 bits per heavy atom. The van der Waals surface area contributed by atoms with Crippen molar-refractivity contribution in [2.45, 2.75) is 70.1 Å². The van der Waals surface area contributed by atoms with E-state index in [1.54, 1.807) is 69.3 Å². The second-order valence-corrected chi connectivity index (χ2v) is 14.3. The number of rotatable bonds is 8. The highest BCUT2D eigenvalue weighted by molar-refractivity contribution is 7.92. The van der Waals surface area contributed by atoms with E-state index in [4.69, 9.17) is 27.9 Å². The Kier molecular flexibility index (Phi) is 9.00. The van der Waals surface area contributed by atoms with Gasteiger partial charge in [0.1, 0.15) is 12.2 Å². The number of carbonyl (C=O) groups is 2. The zero-order valence-corrected chi connectivity index (χ0v) is 23.8. The van der Waals surface area contributed by atoms with Crippen molar-refractivity contribution < 1.29 is 27.9 Å². The van der Waals surface area contributed by atoms with Crippen LogP contribution < -0.4 is 0 Å². The van der Waals surface area contributed by atoms with E-state index >= 15 is 0 Å².